The van der Waals surface area contributed by atoms with Crippen LogP contribution in [0.15, 0.2) is 497 Å². The highest BCUT2D eigenvalue weighted by atomic mass is 15.3. The lowest BCUT2D eigenvalue weighted by Crippen LogP contribution is -2.18. The summed E-state index contributed by atoms with van der Waals surface area (Å²) in [7, 11) is 0. The van der Waals surface area contributed by atoms with Gasteiger partial charge in [-0.3, -0.25) is 4.90 Å². The van der Waals surface area contributed by atoms with Crippen LogP contribution in [0.25, 0.3) is 212 Å². The topological polar surface area (TPSA) is 126 Å². The first-order chi connectivity index (χ1) is 72.2. The van der Waals surface area contributed by atoms with E-state index in [1.54, 1.807) is 0 Å². The maximum Gasteiger partial charge on any atom is 0.238 e. The molecule has 0 saturated carbocycles. The first kappa shape index (κ1) is 85.7. The molecule has 29 rings (SSSR count). The van der Waals surface area contributed by atoms with Crippen molar-refractivity contribution >= 4 is 105 Å². The Bertz CT molecular complexity index is 9120. The van der Waals surface area contributed by atoms with Gasteiger partial charge < -0.3 is 9.80 Å². The van der Waals surface area contributed by atoms with Crippen molar-refractivity contribution in [1.29, 1.82) is 0 Å². The van der Waals surface area contributed by atoms with E-state index in [4.69, 9.17) is 44.9 Å². The van der Waals surface area contributed by atoms with E-state index >= 15 is 0 Å². The van der Waals surface area contributed by atoms with E-state index in [-0.39, 0.29) is 5.41 Å². The van der Waals surface area contributed by atoms with Crippen molar-refractivity contribution in [2.45, 2.75) is 19.3 Å². The zero-order chi connectivity index (χ0) is 96.9. The smallest absolute Gasteiger partial charge is 0.238 e. The molecular formula is C134H88N12. The molecule has 3 aliphatic heterocycles. The van der Waals surface area contributed by atoms with Gasteiger partial charge in [-0.25, -0.2) is 34.9 Å². The molecule has 3 aromatic heterocycles. The summed E-state index contributed by atoms with van der Waals surface area (Å²) >= 11 is 0. The average molecular weight is 1870 g/mol. The van der Waals surface area contributed by atoms with E-state index in [0.29, 0.717) is 52.5 Å². The maximum atomic E-state index is 5.31. The third-order valence-electron chi connectivity index (χ3n) is 29.0. The largest absolute Gasteiger partial charge is 0.309 e. The second-order valence-corrected chi connectivity index (χ2v) is 37.7. The Kier molecular flexibility index (Phi) is 21.0. The third kappa shape index (κ3) is 14.8. The van der Waals surface area contributed by atoms with Crippen LogP contribution in [0.2, 0.25) is 0 Å². The Labute approximate surface area is 844 Å². The van der Waals surface area contributed by atoms with Crippen molar-refractivity contribution in [1.82, 2.24) is 44.9 Å². The Morgan fingerprint density at radius 1 is 0.151 bits per heavy atom. The summed E-state index contributed by atoms with van der Waals surface area (Å²) in [6, 6.07) is 175. The summed E-state index contributed by atoms with van der Waals surface area (Å²) in [4.78, 5) is 53.3. The normalized spacial score (nSPS) is 12.5. The molecule has 0 radical (unpaired) electrons. The summed E-state index contributed by atoms with van der Waals surface area (Å²) in [6.07, 6.45) is 0. The van der Waals surface area contributed by atoms with Gasteiger partial charge in [0.2, 0.25) is 5.95 Å². The van der Waals surface area contributed by atoms with Gasteiger partial charge >= 0.3 is 0 Å². The monoisotopic (exact) mass is 1860 g/mol. The van der Waals surface area contributed by atoms with Gasteiger partial charge in [-0.2, -0.15) is 9.97 Å². The number of benzene rings is 22. The van der Waals surface area contributed by atoms with Gasteiger partial charge in [0.25, 0.3) is 0 Å². The van der Waals surface area contributed by atoms with Gasteiger partial charge in [-0.15, -0.1) is 0 Å². The van der Waals surface area contributed by atoms with E-state index in [9.17, 15) is 0 Å². The quantitative estimate of drug-likeness (QED) is 0.109. The first-order valence-electron chi connectivity index (χ1n) is 49.5. The van der Waals surface area contributed by atoms with Crippen molar-refractivity contribution in [3.63, 3.8) is 0 Å². The Morgan fingerprint density at radius 2 is 0.404 bits per heavy atom. The number of rotatable bonds is 13. The second-order valence-electron chi connectivity index (χ2n) is 37.7. The number of hydrogen-bond acceptors (Lipinski definition) is 12. The van der Waals surface area contributed by atoms with E-state index in [0.717, 1.165) is 117 Å². The molecule has 6 heterocycles. The minimum atomic E-state index is -0.120. The predicted octanol–water partition coefficient (Wildman–Crippen LogP) is 34.7. The molecular weight excluding hydrogens is 1780 g/mol. The second kappa shape index (κ2) is 35.7. The van der Waals surface area contributed by atoms with Gasteiger partial charge in [0, 0.05) is 93.5 Å². The Morgan fingerprint density at radius 3 is 0.863 bits per heavy atom. The van der Waals surface area contributed by atoms with Crippen molar-refractivity contribution in [2.75, 3.05) is 14.7 Å². The fourth-order valence-electron chi connectivity index (χ4n) is 22.2. The molecule has 22 aromatic carbocycles. The molecule has 25 aromatic rings. The number of nitrogens with zero attached hydrogens (tertiary/aromatic N) is 12. The molecule has 0 fully saturated rings. The highest BCUT2D eigenvalue weighted by Gasteiger charge is 2.39. The molecule has 684 valence electrons. The van der Waals surface area contributed by atoms with Gasteiger partial charge in [-0.05, 0) is 143 Å². The predicted molar refractivity (Wildman–Crippen MR) is 600 cm³/mol. The van der Waals surface area contributed by atoms with E-state index in [1.165, 1.54) is 105 Å². The zero-order valence-corrected chi connectivity index (χ0v) is 79.7. The van der Waals surface area contributed by atoms with Gasteiger partial charge in [-0.1, -0.05) is 457 Å². The molecule has 12 heteroatoms. The number of anilines is 9. The van der Waals surface area contributed by atoms with Gasteiger partial charge in [0.1, 0.15) is 0 Å². The lowest BCUT2D eigenvalue weighted by molar-refractivity contribution is 0.660. The SMILES string of the molecule is CC1(C)c2ccccc2-c2c(-c3nc(-c4ccccc4)nc(N4c5ccccc5-c5cccc6cccc4c56)n3)cccc21.c1ccc(-c2ccc(-c3nc(-c4ccccc4)nc(-c4ccc(N5c6ccccc6-c6cccc7cccc5c67)c5ccccc45)n3)cc2)cc1.c1ccc(-c2ccc(-c3nc(-c4ccccc4)nc(-c4cccc5c(N6c7ccccc7-c7cccc8cccc6c78)cccc45)n3)cc2)cc1. The highest BCUT2D eigenvalue weighted by molar-refractivity contribution is 6.20. The summed E-state index contributed by atoms with van der Waals surface area (Å²) in [5.41, 5.74) is 33.6. The van der Waals surface area contributed by atoms with Crippen LogP contribution < -0.4 is 14.7 Å². The standard InChI is InChI=1S/2C47H30N4.C40H28N4/c1-3-13-31(14-4-1)32-27-29-35(30-28-32)46-48-45(34-15-5-2-6-16-34)49-47(50-46)40-23-11-21-37-36(40)20-12-25-42(37)51-41-24-8-7-19-38(41)39-22-9-17-33-18-10-26-43(51)44(33)39;1-3-13-31(14-4-1)32-25-27-35(28-26-32)46-48-45(34-15-5-2-6-16-34)49-47(50-46)40-29-30-42(37-20-8-7-19-36(37)40)51-41-23-10-9-21-38(41)39-22-11-17-33-18-12-24-43(51)44(33)39;1-40(2)31-21-8-6-18-29(31)36-30(20-12-22-32(36)40)38-41-37(26-13-4-3-5-14-26)42-39(43-38)44-33-23-9-7-17-27(33)28-19-10-15-25-16-11-24-34(44)35(25)28/h2*1-30H;3-24H,1-2H3. The molecule has 0 saturated heterocycles. The van der Waals surface area contributed by atoms with Crippen molar-refractivity contribution in [3.8, 4) is 158 Å². The van der Waals surface area contributed by atoms with Crippen molar-refractivity contribution in [3.05, 3.63) is 509 Å². The molecule has 0 bridgehead atoms. The van der Waals surface area contributed by atoms with Crippen molar-refractivity contribution < 1.29 is 0 Å². The van der Waals surface area contributed by atoms with Gasteiger partial charge in [0.05, 0.1) is 45.5 Å². The fraction of sp³-hybridized carbons (Fsp3) is 0.0224. The average Bonchev–Trinajstić information content (AvgIpc) is 1.49. The molecule has 4 aliphatic rings. The molecule has 12 nitrogen and oxygen atoms in total. The van der Waals surface area contributed by atoms with Crippen LogP contribution in [0.5, 0.6) is 0 Å². The number of hydrogen-bond donors (Lipinski definition) is 0. The number of fused-ring (bicyclic) bond motifs is 11. The Balaban J connectivity index is 0.000000109. The molecule has 0 atom stereocenters. The van der Waals surface area contributed by atoms with Crippen LogP contribution in [-0.4, -0.2) is 44.9 Å². The highest BCUT2D eigenvalue weighted by Crippen LogP contribution is 2.58. The summed E-state index contributed by atoms with van der Waals surface area (Å²) in [6.45, 7) is 4.61. The van der Waals surface area contributed by atoms with Crippen LogP contribution in [0.3, 0.4) is 0 Å². The summed E-state index contributed by atoms with van der Waals surface area (Å²) in [5, 5.41) is 11.8. The maximum absolute atomic E-state index is 5.31. The van der Waals surface area contributed by atoms with Crippen LogP contribution in [0.1, 0.15) is 25.0 Å². The van der Waals surface area contributed by atoms with Gasteiger partial charge in [0.15, 0.2) is 46.6 Å². The summed E-state index contributed by atoms with van der Waals surface area (Å²) in [5.74, 6) is 5.76. The minimum Gasteiger partial charge on any atom is -0.309 e. The fourth-order valence-corrected chi connectivity index (χ4v) is 22.2. The van der Waals surface area contributed by atoms with Crippen LogP contribution in [0, 0.1) is 0 Å². The molecule has 0 N–H and O–H groups in total. The lowest BCUT2D eigenvalue weighted by atomic mass is 9.82. The van der Waals surface area contributed by atoms with E-state index < -0.39 is 0 Å². The zero-order valence-electron chi connectivity index (χ0n) is 79.7. The molecule has 0 spiro atoms. The van der Waals surface area contributed by atoms with E-state index in [2.05, 4.69) is 459 Å². The van der Waals surface area contributed by atoms with Crippen LogP contribution in [0.4, 0.5) is 51.4 Å². The van der Waals surface area contributed by atoms with Crippen LogP contribution >= 0.6 is 0 Å². The minimum absolute atomic E-state index is 0.120. The Hall–Kier alpha value is -19.4. The summed E-state index contributed by atoms with van der Waals surface area (Å²) < 4.78 is 0. The first-order valence-corrected chi connectivity index (χ1v) is 49.5. The molecule has 1 aliphatic carbocycles. The van der Waals surface area contributed by atoms with Crippen LogP contribution in [-0.2, 0) is 5.41 Å². The lowest BCUT2D eigenvalue weighted by Gasteiger charge is -2.34. The molecule has 0 unspecified atom stereocenters. The number of para-hydroxylation sites is 3. The van der Waals surface area contributed by atoms with E-state index in [1.807, 2.05) is 66.7 Å². The third-order valence-corrected chi connectivity index (χ3v) is 29.0. The molecule has 0 amide bonds. The molecule has 146 heavy (non-hydrogen) atoms. The van der Waals surface area contributed by atoms with Crippen molar-refractivity contribution in [2.24, 2.45) is 0 Å². The number of aromatic nitrogens is 9.